The van der Waals surface area contributed by atoms with Gasteiger partial charge in [-0.2, -0.15) is 5.26 Å². The van der Waals surface area contributed by atoms with Gasteiger partial charge in [-0.1, -0.05) is 12.1 Å². The monoisotopic (exact) mass is 186 g/mol. The maximum atomic E-state index is 8.73. The zero-order valence-corrected chi connectivity index (χ0v) is 8.11. The van der Waals surface area contributed by atoms with Gasteiger partial charge in [-0.3, -0.25) is 0 Å². The number of oxazole rings is 1. The molecule has 1 aromatic carbocycles. The Bertz CT molecular complexity index is 507. The van der Waals surface area contributed by atoms with Crippen molar-refractivity contribution in [1.29, 1.82) is 5.26 Å². The lowest BCUT2D eigenvalue weighted by molar-refractivity contribution is 0.520. The minimum Gasteiger partial charge on any atom is -0.439 e. The molecule has 0 spiro atoms. The number of aromatic nitrogens is 1. The maximum Gasteiger partial charge on any atom is 0.212 e. The van der Waals surface area contributed by atoms with Crippen LogP contribution in [0.15, 0.2) is 22.6 Å². The first-order chi connectivity index (χ1) is 6.72. The standard InChI is InChI=1S/C11H10N2O/c1-7-4-3-5-9-10(7)13-11(14-9)8(2)6-12/h3-5,8H,1-2H3. The van der Waals surface area contributed by atoms with Crippen LogP contribution >= 0.6 is 0 Å². The van der Waals surface area contributed by atoms with Crippen molar-refractivity contribution < 1.29 is 4.42 Å². The summed E-state index contributed by atoms with van der Waals surface area (Å²) < 4.78 is 5.47. The van der Waals surface area contributed by atoms with E-state index in [-0.39, 0.29) is 5.92 Å². The van der Waals surface area contributed by atoms with Crippen LogP contribution in [0.25, 0.3) is 11.1 Å². The van der Waals surface area contributed by atoms with E-state index in [0.717, 1.165) is 16.7 Å². The Morgan fingerprint density at radius 3 is 2.93 bits per heavy atom. The zero-order chi connectivity index (χ0) is 10.1. The molecule has 2 rings (SSSR count). The van der Waals surface area contributed by atoms with Crippen LogP contribution in [0.4, 0.5) is 0 Å². The van der Waals surface area contributed by atoms with Crippen LogP contribution in [0.3, 0.4) is 0 Å². The summed E-state index contributed by atoms with van der Waals surface area (Å²) in [6.07, 6.45) is 0. The van der Waals surface area contributed by atoms with E-state index in [1.54, 1.807) is 6.92 Å². The van der Waals surface area contributed by atoms with E-state index in [2.05, 4.69) is 11.1 Å². The molecule has 1 atom stereocenters. The number of hydrogen-bond acceptors (Lipinski definition) is 3. The Morgan fingerprint density at radius 2 is 2.29 bits per heavy atom. The van der Waals surface area contributed by atoms with Gasteiger partial charge in [0.15, 0.2) is 5.58 Å². The maximum absolute atomic E-state index is 8.73. The van der Waals surface area contributed by atoms with Crippen molar-refractivity contribution in [3.8, 4) is 6.07 Å². The molecule has 3 heteroatoms. The predicted octanol–water partition coefficient (Wildman–Crippen LogP) is 2.76. The summed E-state index contributed by atoms with van der Waals surface area (Å²) >= 11 is 0. The van der Waals surface area contributed by atoms with Crippen LogP contribution in [-0.2, 0) is 0 Å². The molecule has 1 unspecified atom stereocenters. The quantitative estimate of drug-likeness (QED) is 0.688. The summed E-state index contributed by atoms with van der Waals surface area (Å²) in [4.78, 5) is 4.29. The number of fused-ring (bicyclic) bond motifs is 1. The highest BCUT2D eigenvalue weighted by Gasteiger charge is 2.13. The average Bonchev–Trinajstić information content (AvgIpc) is 2.62. The lowest BCUT2D eigenvalue weighted by Crippen LogP contribution is -1.88. The van der Waals surface area contributed by atoms with E-state index < -0.39 is 0 Å². The topological polar surface area (TPSA) is 49.8 Å². The summed E-state index contributed by atoms with van der Waals surface area (Å²) in [5.74, 6) is 0.207. The molecule has 0 saturated heterocycles. The van der Waals surface area contributed by atoms with Gasteiger partial charge in [0.25, 0.3) is 0 Å². The van der Waals surface area contributed by atoms with Crippen LogP contribution in [0.2, 0.25) is 0 Å². The zero-order valence-electron chi connectivity index (χ0n) is 8.11. The van der Waals surface area contributed by atoms with Gasteiger partial charge in [-0.05, 0) is 25.5 Å². The molecule has 0 aliphatic heterocycles. The molecule has 1 heterocycles. The first kappa shape index (κ1) is 8.76. The van der Waals surface area contributed by atoms with Crippen molar-refractivity contribution in [2.24, 2.45) is 0 Å². The summed E-state index contributed by atoms with van der Waals surface area (Å²) in [5, 5.41) is 8.73. The van der Waals surface area contributed by atoms with Crippen molar-refractivity contribution in [3.05, 3.63) is 29.7 Å². The van der Waals surface area contributed by atoms with E-state index in [4.69, 9.17) is 9.68 Å². The van der Waals surface area contributed by atoms with Crippen LogP contribution in [0, 0.1) is 18.3 Å². The number of rotatable bonds is 1. The van der Waals surface area contributed by atoms with Crippen LogP contribution in [-0.4, -0.2) is 4.98 Å². The van der Waals surface area contributed by atoms with Gasteiger partial charge in [0.05, 0.1) is 6.07 Å². The summed E-state index contributed by atoms with van der Waals surface area (Å²) in [6, 6.07) is 7.87. The Kier molecular flexibility index (Phi) is 1.97. The molecule has 0 saturated carbocycles. The molecule has 3 nitrogen and oxygen atoms in total. The number of nitriles is 1. The number of benzene rings is 1. The average molecular weight is 186 g/mol. The molecular weight excluding hydrogens is 176 g/mol. The number of para-hydroxylation sites is 1. The smallest absolute Gasteiger partial charge is 0.212 e. The van der Waals surface area contributed by atoms with Gasteiger partial charge in [0.1, 0.15) is 11.4 Å². The highest BCUT2D eigenvalue weighted by atomic mass is 16.3. The first-order valence-electron chi connectivity index (χ1n) is 4.48. The first-order valence-corrected chi connectivity index (χ1v) is 4.48. The van der Waals surface area contributed by atoms with Crippen molar-refractivity contribution in [2.75, 3.05) is 0 Å². The molecule has 0 radical (unpaired) electrons. The van der Waals surface area contributed by atoms with Gasteiger partial charge < -0.3 is 4.42 Å². The lowest BCUT2D eigenvalue weighted by Gasteiger charge is -1.90. The fourth-order valence-corrected chi connectivity index (χ4v) is 1.34. The Hall–Kier alpha value is -1.82. The number of hydrogen-bond donors (Lipinski definition) is 0. The van der Waals surface area contributed by atoms with Crippen molar-refractivity contribution in [2.45, 2.75) is 19.8 Å². The Labute approximate surface area is 82.0 Å². The van der Waals surface area contributed by atoms with Gasteiger partial charge in [0, 0.05) is 0 Å². The Balaban J connectivity index is 2.64. The summed E-state index contributed by atoms with van der Waals surface area (Å²) in [6.45, 7) is 3.76. The molecule has 0 bridgehead atoms. The molecule has 0 aliphatic rings. The molecule has 0 amide bonds. The molecule has 1 aromatic heterocycles. The molecule has 0 fully saturated rings. The molecule has 70 valence electrons. The molecule has 2 aromatic rings. The van der Waals surface area contributed by atoms with Crippen LogP contribution in [0.1, 0.15) is 24.3 Å². The van der Waals surface area contributed by atoms with Gasteiger partial charge in [-0.25, -0.2) is 4.98 Å². The fraction of sp³-hybridized carbons (Fsp3) is 0.273. The third-order valence-electron chi connectivity index (χ3n) is 2.20. The fourth-order valence-electron chi connectivity index (χ4n) is 1.34. The minimum absolute atomic E-state index is 0.290. The molecule has 0 N–H and O–H groups in total. The van der Waals surface area contributed by atoms with Gasteiger partial charge in [-0.15, -0.1) is 0 Å². The highest BCUT2D eigenvalue weighted by Crippen LogP contribution is 2.22. The second-order valence-electron chi connectivity index (χ2n) is 3.32. The number of nitrogens with zero attached hydrogens (tertiary/aromatic N) is 2. The highest BCUT2D eigenvalue weighted by molar-refractivity contribution is 5.76. The van der Waals surface area contributed by atoms with Crippen molar-refractivity contribution in [3.63, 3.8) is 0 Å². The summed E-state index contributed by atoms with van der Waals surface area (Å²) in [7, 11) is 0. The molecular formula is C11H10N2O. The van der Waals surface area contributed by atoms with Crippen LogP contribution in [0.5, 0.6) is 0 Å². The van der Waals surface area contributed by atoms with E-state index in [0.29, 0.717) is 5.89 Å². The summed E-state index contributed by atoms with van der Waals surface area (Å²) in [5.41, 5.74) is 2.68. The molecule has 0 aliphatic carbocycles. The van der Waals surface area contributed by atoms with E-state index in [9.17, 15) is 0 Å². The third-order valence-corrected chi connectivity index (χ3v) is 2.20. The van der Waals surface area contributed by atoms with Gasteiger partial charge in [0.2, 0.25) is 5.89 Å². The second kappa shape index (κ2) is 3.15. The van der Waals surface area contributed by atoms with E-state index >= 15 is 0 Å². The van der Waals surface area contributed by atoms with Crippen molar-refractivity contribution >= 4 is 11.1 Å². The minimum atomic E-state index is -0.290. The molecule has 14 heavy (non-hydrogen) atoms. The largest absolute Gasteiger partial charge is 0.439 e. The Morgan fingerprint density at radius 1 is 1.50 bits per heavy atom. The van der Waals surface area contributed by atoms with Crippen molar-refractivity contribution in [1.82, 2.24) is 4.98 Å². The van der Waals surface area contributed by atoms with E-state index in [1.165, 1.54) is 0 Å². The predicted molar refractivity (Wildman–Crippen MR) is 52.8 cm³/mol. The second-order valence-corrected chi connectivity index (χ2v) is 3.32. The third kappa shape index (κ3) is 1.25. The number of aryl methyl sites for hydroxylation is 1. The normalized spacial score (nSPS) is 12.6. The van der Waals surface area contributed by atoms with E-state index in [1.807, 2.05) is 25.1 Å². The lowest BCUT2D eigenvalue weighted by atomic mass is 10.2. The van der Waals surface area contributed by atoms with Crippen LogP contribution < -0.4 is 0 Å². The van der Waals surface area contributed by atoms with Gasteiger partial charge >= 0.3 is 0 Å². The SMILES string of the molecule is Cc1cccc2oc(C(C)C#N)nc12.